The highest BCUT2D eigenvalue weighted by Crippen LogP contribution is 2.18. The van der Waals surface area contributed by atoms with Crippen molar-refractivity contribution in [2.45, 2.75) is 33.4 Å². The largest absolute Gasteiger partial charge is 0.488 e. The molecule has 0 fully saturated rings. The van der Waals surface area contributed by atoms with E-state index in [1.165, 1.54) is 30.0 Å². The Hall–Kier alpha value is -4.00. The molecule has 1 atom stereocenters. The fraction of sp³-hybridized carbons (Fsp3) is 0.222. The molecule has 0 saturated heterocycles. The van der Waals surface area contributed by atoms with Crippen molar-refractivity contribution in [3.8, 4) is 5.75 Å². The predicted octanol–water partition coefficient (Wildman–Crippen LogP) is 4.62. The second-order valence-corrected chi connectivity index (χ2v) is 8.22. The molecule has 0 aromatic heterocycles. The number of amides is 2. The average molecular weight is 462 g/mol. The van der Waals surface area contributed by atoms with Gasteiger partial charge in [-0.15, -0.1) is 0 Å². The first kappa shape index (κ1) is 24.6. The van der Waals surface area contributed by atoms with E-state index in [4.69, 9.17) is 4.74 Å². The molecule has 3 aromatic rings. The van der Waals surface area contributed by atoms with E-state index in [1.807, 2.05) is 55.5 Å². The molecule has 0 heterocycles. The number of ether oxygens (including phenoxy) is 1. The molecule has 0 bridgehead atoms. The van der Waals surface area contributed by atoms with Crippen LogP contribution in [0.1, 0.15) is 40.9 Å². The Morgan fingerprint density at radius 2 is 1.68 bits per heavy atom. The van der Waals surface area contributed by atoms with E-state index < -0.39 is 23.7 Å². The Balaban J connectivity index is 1.63. The number of rotatable bonds is 9. The first-order valence-corrected chi connectivity index (χ1v) is 11.0. The number of carbonyl (C=O) groups excluding carboxylic acids is 2. The van der Waals surface area contributed by atoms with Crippen LogP contribution in [0.4, 0.5) is 4.39 Å². The zero-order valence-corrected chi connectivity index (χ0v) is 19.4. The molecule has 2 amide bonds. The number of halogens is 1. The Kier molecular flexibility index (Phi) is 8.51. The molecule has 3 aromatic carbocycles. The Bertz CT molecular complexity index is 1160. The van der Waals surface area contributed by atoms with Crippen molar-refractivity contribution < 1.29 is 18.7 Å². The van der Waals surface area contributed by atoms with Gasteiger partial charge >= 0.3 is 0 Å². The third-order valence-corrected chi connectivity index (χ3v) is 5.17. The second kappa shape index (κ2) is 11.7. The van der Waals surface area contributed by atoms with Gasteiger partial charge in [0, 0.05) is 5.56 Å². The van der Waals surface area contributed by atoms with Gasteiger partial charge in [-0.25, -0.2) is 9.82 Å². The van der Waals surface area contributed by atoms with Gasteiger partial charge < -0.3 is 10.1 Å². The summed E-state index contributed by atoms with van der Waals surface area (Å²) in [6.45, 7) is 5.99. The smallest absolute Gasteiger partial charge is 0.262 e. The van der Waals surface area contributed by atoms with Gasteiger partial charge in [0.25, 0.3) is 11.8 Å². The van der Waals surface area contributed by atoms with Crippen molar-refractivity contribution >= 4 is 18.0 Å². The molecule has 0 spiro atoms. The van der Waals surface area contributed by atoms with Gasteiger partial charge in [-0.1, -0.05) is 67.9 Å². The van der Waals surface area contributed by atoms with Crippen molar-refractivity contribution in [3.63, 3.8) is 0 Å². The van der Waals surface area contributed by atoms with Crippen LogP contribution in [0, 0.1) is 18.7 Å². The standard InChI is InChI=1S/C27H28FN3O3/c1-18(2)25(30-26(32)22-9-5-6-10-23(22)28)27(33)31-29-16-21-8-4-7-11-24(21)34-17-20-14-12-19(3)13-15-20/h4-16,18,25H,17H2,1-3H3,(H,30,32)(H,31,33)/b29-16+. The number of carbonyl (C=O) groups is 2. The molecule has 6 nitrogen and oxygen atoms in total. The summed E-state index contributed by atoms with van der Waals surface area (Å²) in [5, 5.41) is 6.63. The summed E-state index contributed by atoms with van der Waals surface area (Å²) >= 11 is 0. The minimum atomic E-state index is -0.891. The molecule has 0 saturated carbocycles. The first-order chi connectivity index (χ1) is 16.3. The number of hydrogen-bond donors (Lipinski definition) is 2. The van der Waals surface area contributed by atoms with Crippen LogP contribution in [0.2, 0.25) is 0 Å². The van der Waals surface area contributed by atoms with E-state index in [2.05, 4.69) is 15.8 Å². The van der Waals surface area contributed by atoms with E-state index in [0.717, 1.165) is 5.56 Å². The summed E-state index contributed by atoms with van der Waals surface area (Å²) in [7, 11) is 0. The third-order valence-electron chi connectivity index (χ3n) is 5.17. The number of benzene rings is 3. The fourth-order valence-electron chi connectivity index (χ4n) is 3.20. The maximum atomic E-state index is 13.9. The van der Waals surface area contributed by atoms with Gasteiger partial charge in [-0.2, -0.15) is 5.10 Å². The molecule has 176 valence electrons. The van der Waals surface area contributed by atoms with Gasteiger partial charge in [-0.3, -0.25) is 9.59 Å². The molecular formula is C27H28FN3O3. The van der Waals surface area contributed by atoms with Gasteiger partial charge in [0.05, 0.1) is 11.8 Å². The molecular weight excluding hydrogens is 433 g/mol. The molecule has 0 radical (unpaired) electrons. The molecule has 0 aliphatic heterocycles. The van der Waals surface area contributed by atoms with Crippen molar-refractivity contribution in [1.82, 2.24) is 10.7 Å². The van der Waals surface area contributed by atoms with Crippen LogP contribution in [0.15, 0.2) is 77.9 Å². The number of hydrogen-bond acceptors (Lipinski definition) is 4. The average Bonchev–Trinajstić information content (AvgIpc) is 2.82. The van der Waals surface area contributed by atoms with Crippen molar-refractivity contribution in [2.24, 2.45) is 11.0 Å². The topological polar surface area (TPSA) is 79.8 Å². The van der Waals surface area contributed by atoms with E-state index >= 15 is 0 Å². The number of hydrazone groups is 1. The fourth-order valence-corrected chi connectivity index (χ4v) is 3.20. The lowest BCUT2D eigenvalue weighted by Gasteiger charge is -2.20. The Morgan fingerprint density at radius 3 is 2.38 bits per heavy atom. The van der Waals surface area contributed by atoms with Crippen LogP contribution in [0.5, 0.6) is 5.75 Å². The minimum Gasteiger partial charge on any atom is -0.488 e. The van der Waals surface area contributed by atoms with E-state index in [-0.39, 0.29) is 11.5 Å². The number of nitrogens with zero attached hydrogens (tertiary/aromatic N) is 1. The van der Waals surface area contributed by atoms with Gasteiger partial charge in [0.1, 0.15) is 24.2 Å². The Morgan fingerprint density at radius 1 is 1.00 bits per heavy atom. The molecule has 2 N–H and O–H groups in total. The maximum absolute atomic E-state index is 13.9. The monoisotopic (exact) mass is 461 g/mol. The van der Waals surface area contributed by atoms with Gasteiger partial charge in [0.2, 0.25) is 0 Å². The number of para-hydroxylation sites is 1. The van der Waals surface area contributed by atoms with Gasteiger partial charge in [-0.05, 0) is 42.7 Å². The summed E-state index contributed by atoms with van der Waals surface area (Å²) in [5.41, 5.74) is 5.24. The van der Waals surface area contributed by atoms with Crippen molar-refractivity contribution in [2.75, 3.05) is 0 Å². The summed E-state index contributed by atoms with van der Waals surface area (Å²) in [6, 6.07) is 20.1. The van der Waals surface area contributed by atoms with E-state index in [0.29, 0.717) is 17.9 Å². The number of nitrogens with one attached hydrogen (secondary N) is 2. The molecule has 3 rings (SSSR count). The van der Waals surface area contributed by atoms with Gasteiger partial charge in [0.15, 0.2) is 0 Å². The first-order valence-electron chi connectivity index (χ1n) is 11.0. The number of aryl methyl sites for hydroxylation is 1. The molecule has 0 aliphatic rings. The molecule has 7 heteroatoms. The summed E-state index contributed by atoms with van der Waals surface area (Å²) < 4.78 is 19.8. The van der Waals surface area contributed by atoms with Crippen LogP contribution in [0.3, 0.4) is 0 Å². The Labute approximate surface area is 198 Å². The third kappa shape index (κ3) is 6.75. The summed E-state index contributed by atoms with van der Waals surface area (Å²) in [5.74, 6) is -1.44. The zero-order valence-electron chi connectivity index (χ0n) is 19.4. The highest BCUT2D eigenvalue weighted by Gasteiger charge is 2.25. The van der Waals surface area contributed by atoms with Crippen LogP contribution >= 0.6 is 0 Å². The lowest BCUT2D eigenvalue weighted by molar-refractivity contribution is -0.123. The zero-order chi connectivity index (χ0) is 24.5. The predicted molar refractivity (Wildman–Crippen MR) is 130 cm³/mol. The van der Waals surface area contributed by atoms with Crippen LogP contribution in [0.25, 0.3) is 0 Å². The lowest BCUT2D eigenvalue weighted by Crippen LogP contribution is -2.48. The summed E-state index contributed by atoms with van der Waals surface area (Å²) in [6.07, 6.45) is 1.48. The van der Waals surface area contributed by atoms with E-state index in [1.54, 1.807) is 19.9 Å². The lowest BCUT2D eigenvalue weighted by atomic mass is 10.0. The second-order valence-electron chi connectivity index (χ2n) is 8.22. The van der Waals surface area contributed by atoms with Crippen LogP contribution < -0.4 is 15.5 Å². The van der Waals surface area contributed by atoms with E-state index in [9.17, 15) is 14.0 Å². The van der Waals surface area contributed by atoms with Crippen LogP contribution in [-0.2, 0) is 11.4 Å². The highest BCUT2D eigenvalue weighted by molar-refractivity contribution is 5.98. The SMILES string of the molecule is Cc1ccc(COc2ccccc2/C=N/NC(=O)C(NC(=O)c2ccccc2F)C(C)C)cc1. The molecule has 1 unspecified atom stereocenters. The van der Waals surface area contributed by atoms with Crippen LogP contribution in [-0.4, -0.2) is 24.1 Å². The minimum absolute atomic E-state index is 0.121. The molecule has 0 aliphatic carbocycles. The molecule has 34 heavy (non-hydrogen) atoms. The normalized spacial score (nSPS) is 11.9. The highest BCUT2D eigenvalue weighted by atomic mass is 19.1. The summed E-state index contributed by atoms with van der Waals surface area (Å²) in [4.78, 5) is 25.1. The van der Waals surface area contributed by atoms with Crippen molar-refractivity contribution in [3.05, 3.63) is 101 Å². The maximum Gasteiger partial charge on any atom is 0.262 e. The van der Waals surface area contributed by atoms with Crippen molar-refractivity contribution in [1.29, 1.82) is 0 Å². The quantitative estimate of drug-likeness (QED) is 0.361.